The standard InChI is InChI=1S/C14H22O3/c1-8-6-7-10-4-3-5-11-9(2)13(15)17-14(16-8)12(10)11/h8-12,14H,3-7H2,1-2H3/t8-,9?,10?,11-,12?,14?/m0/s1. The van der Waals surface area contributed by atoms with E-state index in [0.717, 1.165) is 6.42 Å². The zero-order valence-electron chi connectivity index (χ0n) is 10.7. The van der Waals surface area contributed by atoms with Crippen LogP contribution in [-0.4, -0.2) is 18.4 Å². The molecule has 2 saturated heterocycles. The Morgan fingerprint density at radius 2 is 1.94 bits per heavy atom. The molecule has 96 valence electrons. The molecule has 0 aromatic heterocycles. The van der Waals surface area contributed by atoms with Crippen LogP contribution in [0.15, 0.2) is 0 Å². The second kappa shape index (κ2) is 4.27. The van der Waals surface area contributed by atoms with Crippen LogP contribution in [0.25, 0.3) is 0 Å². The first kappa shape index (κ1) is 11.5. The Bertz CT molecular complexity index is 315. The molecule has 1 aliphatic carbocycles. The van der Waals surface area contributed by atoms with Crippen molar-refractivity contribution in [3.8, 4) is 0 Å². The molecule has 17 heavy (non-hydrogen) atoms. The number of rotatable bonds is 0. The SMILES string of the molecule is CC1C(=O)OC2O[C@@H](C)CCC3CCC[C@@H]1C32. The first-order valence-corrected chi connectivity index (χ1v) is 7.03. The summed E-state index contributed by atoms with van der Waals surface area (Å²) < 4.78 is 11.5. The first-order valence-electron chi connectivity index (χ1n) is 7.03. The molecule has 3 aliphatic rings. The number of ether oxygens (including phenoxy) is 2. The molecule has 0 aromatic rings. The van der Waals surface area contributed by atoms with E-state index in [1.54, 1.807) is 0 Å². The molecular formula is C14H22O3. The Hall–Kier alpha value is -0.570. The highest BCUT2D eigenvalue weighted by Gasteiger charge is 2.50. The van der Waals surface area contributed by atoms with Crippen molar-refractivity contribution < 1.29 is 14.3 Å². The van der Waals surface area contributed by atoms with Crippen molar-refractivity contribution in [2.24, 2.45) is 23.7 Å². The Balaban J connectivity index is 1.90. The summed E-state index contributed by atoms with van der Waals surface area (Å²) in [6, 6.07) is 0. The minimum atomic E-state index is -0.258. The Kier molecular flexibility index (Phi) is 2.89. The van der Waals surface area contributed by atoms with Crippen LogP contribution in [0.4, 0.5) is 0 Å². The molecule has 0 N–H and O–H groups in total. The average molecular weight is 238 g/mol. The van der Waals surface area contributed by atoms with Crippen LogP contribution in [0.3, 0.4) is 0 Å². The highest BCUT2D eigenvalue weighted by molar-refractivity contribution is 5.73. The van der Waals surface area contributed by atoms with Gasteiger partial charge in [-0.2, -0.15) is 0 Å². The molecular weight excluding hydrogens is 216 g/mol. The summed E-state index contributed by atoms with van der Waals surface area (Å²) >= 11 is 0. The fourth-order valence-electron chi connectivity index (χ4n) is 4.03. The highest BCUT2D eigenvalue weighted by Crippen LogP contribution is 2.48. The van der Waals surface area contributed by atoms with Gasteiger partial charge in [-0.05, 0) is 44.4 Å². The molecule has 6 atom stereocenters. The number of carbonyl (C=O) groups excluding carboxylic acids is 1. The molecule has 2 heterocycles. The van der Waals surface area contributed by atoms with Gasteiger partial charge >= 0.3 is 5.97 Å². The summed E-state index contributed by atoms with van der Waals surface area (Å²) in [6.07, 6.45) is 6.05. The van der Waals surface area contributed by atoms with E-state index in [0.29, 0.717) is 17.8 Å². The summed E-state index contributed by atoms with van der Waals surface area (Å²) in [5, 5.41) is 0. The summed E-state index contributed by atoms with van der Waals surface area (Å²) in [4.78, 5) is 11.9. The maximum Gasteiger partial charge on any atom is 0.311 e. The van der Waals surface area contributed by atoms with E-state index in [-0.39, 0.29) is 24.3 Å². The highest BCUT2D eigenvalue weighted by atomic mass is 16.7. The van der Waals surface area contributed by atoms with Crippen molar-refractivity contribution in [2.75, 3.05) is 0 Å². The van der Waals surface area contributed by atoms with Crippen LogP contribution >= 0.6 is 0 Å². The molecule has 1 saturated carbocycles. The fraction of sp³-hybridized carbons (Fsp3) is 0.929. The van der Waals surface area contributed by atoms with Crippen LogP contribution in [0.1, 0.15) is 46.0 Å². The normalized spacial score (nSPS) is 50.1. The van der Waals surface area contributed by atoms with Crippen molar-refractivity contribution in [3.63, 3.8) is 0 Å². The molecule has 3 rings (SSSR count). The molecule has 0 spiro atoms. The Labute approximate surface area is 103 Å². The van der Waals surface area contributed by atoms with E-state index >= 15 is 0 Å². The summed E-state index contributed by atoms with van der Waals surface area (Å²) in [6.45, 7) is 4.12. The third-order valence-electron chi connectivity index (χ3n) is 5.02. The van der Waals surface area contributed by atoms with Crippen molar-refractivity contribution >= 4 is 5.97 Å². The second-order valence-corrected chi connectivity index (χ2v) is 6.05. The van der Waals surface area contributed by atoms with Gasteiger partial charge in [-0.1, -0.05) is 13.3 Å². The predicted molar refractivity (Wildman–Crippen MR) is 63.1 cm³/mol. The first-order chi connectivity index (χ1) is 8.16. The lowest BCUT2D eigenvalue weighted by atomic mass is 9.65. The largest absolute Gasteiger partial charge is 0.435 e. The minimum absolute atomic E-state index is 0.0500. The topological polar surface area (TPSA) is 35.5 Å². The lowest BCUT2D eigenvalue weighted by Crippen LogP contribution is -2.49. The minimum Gasteiger partial charge on any atom is -0.435 e. The molecule has 3 nitrogen and oxygen atoms in total. The Morgan fingerprint density at radius 3 is 2.76 bits per heavy atom. The number of carbonyl (C=O) groups is 1. The molecule has 0 aromatic carbocycles. The zero-order valence-corrected chi connectivity index (χ0v) is 10.7. The van der Waals surface area contributed by atoms with Crippen LogP contribution in [0.5, 0.6) is 0 Å². The van der Waals surface area contributed by atoms with E-state index in [1.807, 2.05) is 6.92 Å². The van der Waals surface area contributed by atoms with Crippen molar-refractivity contribution in [3.05, 3.63) is 0 Å². The lowest BCUT2D eigenvalue weighted by molar-refractivity contribution is -0.237. The number of hydrogen-bond donors (Lipinski definition) is 0. The van der Waals surface area contributed by atoms with Crippen LogP contribution in [0.2, 0.25) is 0 Å². The number of hydrogen-bond acceptors (Lipinski definition) is 3. The van der Waals surface area contributed by atoms with Crippen LogP contribution < -0.4 is 0 Å². The van der Waals surface area contributed by atoms with Gasteiger partial charge in [0, 0.05) is 5.92 Å². The van der Waals surface area contributed by atoms with E-state index in [2.05, 4.69) is 6.92 Å². The fourth-order valence-corrected chi connectivity index (χ4v) is 4.03. The second-order valence-electron chi connectivity index (χ2n) is 6.05. The van der Waals surface area contributed by atoms with E-state index in [4.69, 9.17) is 9.47 Å². The maximum absolute atomic E-state index is 11.9. The van der Waals surface area contributed by atoms with Gasteiger partial charge in [0.05, 0.1) is 12.0 Å². The zero-order chi connectivity index (χ0) is 12.0. The molecule has 0 bridgehead atoms. The predicted octanol–water partition coefficient (Wildman–Crippen LogP) is 2.74. The third-order valence-corrected chi connectivity index (χ3v) is 5.02. The summed E-state index contributed by atoms with van der Waals surface area (Å²) in [5.74, 6) is 1.67. The van der Waals surface area contributed by atoms with Gasteiger partial charge in [0.15, 0.2) is 0 Å². The summed E-state index contributed by atoms with van der Waals surface area (Å²) in [7, 11) is 0. The van der Waals surface area contributed by atoms with Gasteiger partial charge in [-0.15, -0.1) is 0 Å². The van der Waals surface area contributed by atoms with Gasteiger partial charge in [0.1, 0.15) is 0 Å². The lowest BCUT2D eigenvalue weighted by Gasteiger charge is -2.46. The molecule has 3 heteroatoms. The smallest absolute Gasteiger partial charge is 0.311 e. The maximum atomic E-state index is 11.9. The quantitative estimate of drug-likeness (QED) is 0.609. The summed E-state index contributed by atoms with van der Waals surface area (Å²) in [5.41, 5.74) is 0. The molecule has 0 amide bonds. The molecule has 4 unspecified atom stereocenters. The van der Waals surface area contributed by atoms with Gasteiger partial charge in [0.2, 0.25) is 6.29 Å². The van der Waals surface area contributed by atoms with E-state index < -0.39 is 0 Å². The van der Waals surface area contributed by atoms with E-state index in [9.17, 15) is 4.79 Å². The van der Waals surface area contributed by atoms with Crippen molar-refractivity contribution in [1.29, 1.82) is 0 Å². The average Bonchev–Trinajstić information content (AvgIpc) is 2.47. The molecule has 0 radical (unpaired) electrons. The van der Waals surface area contributed by atoms with Crippen molar-refractivity contribution in [2.45, 2.75) is 58.3 Å². The molecule has 2 aliphatic heterocycles. The van der Waals surface area contributed by atoms with Gasteiger partial charge in [-0.3, -0.25) is 4.79 Å². The van der Waals surface area contributed by atoms with Crippen LogP contribution in [-0.2, 0) is 14.3 Å². The third kappa shape index (κ3) is 1.88. The molecule has 3 fully saturated rings. The number of esters is 1. The van der Waals surface area contributed by atoms with Gasteiger partial charge in [-0.25, -0.2) is 0 Å². The Morgan fingerprint density at radius 1 is 1.12 bits per heavy atom. The van der Waals surface area contributed by atoms with Gasteiger partial charge in [0.25, 0.3) is 0 Å². The van der Waals surface area contributed by atoms with Crippen LogP contribution in [0, 0.1) is 23.7 Å². The monoisotopic (exact) mass is 238 g/mol. The van der Waals surface area contributed by atoms with E-state index in [1.165, 1.54) is 25.7 Å². The van der Waals surface area contributed by atoms with Crippen molar-refractivity contribution in [1.82, 2.24) is 0 Å². The van der Waals surface area contributed by atoms with Gasteiger partial charge < -0.3 is 9.47 Å².